The van der Waals surface area contributed by atoms with Crippen LogP contribution in [0.15, 0.2) is 51.7 Å². The zero-order valence-electron chi connectivity index (χ0n) is 18.2. The Morgan fingerprint density at radius 1 is 1.00 bits per heavy atom. The van der Waals surface area contributed by atoms with Gasteiger partial charge in [0.1, 0.15) is 6.54 Å². The van der Waals surface area contributed by atoms with Crippen LogP contribution in [-0.4, -0.2) is 23.0 Å². The standard InChI is InChI=1S/C22H28F3N3O2S/c1-14(2)18-7-6-8-19(15(3)4)20(18)27-21(29)28-31(30,26-13-22(23,24)25)17-11-9-16(5)10-12-17/h6-12,14-15H,13H2,1-5H3,(H2,26,27,28,29,30). The van der Waals surface area contributed by atoms with Crippen molar-refractivity contribution in [2.24, 2.45) is 4.36 Å². The maximum atomic E-state index is 13.3. The van der Waals surface area contributed by atoms with Crippen LogP contribution in [0.5, 0.6) is 0 Å². The first-order valence-electron chi connectivity index (χ1n) is 9.90. The number of alkyl halides is 3. The van der Waals surface area contributed by atoms with Gasteiger partial charge in [-0.05, 0) is 42.0 Å². The number of carbonyl (C=O) groups excluding carboxylic acids is 1. The third kappa shape index (κ3) is 6.72. The van der Waals surface area contributed by atoms with Gasteiger partial charge in [-0.1, -0.05) is 63.6 Å². The molecule has 1 atom stereocenters. The van der Waals surface area contributed by atoms with E-state index in [1.54, 1.807) is 19.1 Å². The van der Waals surface area contributed by atoms with E-state index >= 15 is 0 Å². The summed E-state index contributed by atoms with van der Waals surface area (Å²) in [4.78, 5) is 12.8. The molecule has 9 heteroatoms. The molecule has 31 heavy (non-hydrogen) atoms. The minimum Gasteiger partial charge on any atom is -0.307 e. The molecule has 0 aliphatic carbocycles. The van der Waals surface area contributed by atoms with Crippen LogP contribution in [0.3, 0.4) is 0 Å². The second-order valence-corrected chi connectivity index (χ2v) is 9.90. The maximum Gasteiger partial charge on any atom is 0.408 e. The van der Waals surface area contributed by atoms with E-state index in [0.29, 0.717) is 5.69 Å². The van der Waals surface area contributed by atoms with Crippen molar-refractivity contribution >= 4 is 21.6 Å². The number of urea groups is 1. The van der Waals surface area contributed by atoms with Gasteiger partial charge in [-0.3, -0.25) is 0 Å². The lowest BCUT2D eigenvalue weighted by Gasteiger charge is -2.21. The highest BCUT2D eigenvalue weighted by atomic mass is 32.2. The Morgan fingerprint density at radius 3 is 1.97 bits per heavy atom. The van der Waals surface area contributed by atoms with Crippen molar-refractivity contribution in [3.63, 3.8) is 0 Å². The Kier molecular flexibility index (Phi) is 7.75. The van der Waals surface area contributed by atoms with E-state index in [0.717, 1.165) is 16.7 Å². The van der Waals surface area contributed by atoms with Crippen LogP contribution in [0.25, 0.3) is 0 Å². The summed E-state index contributed by atoms with van der Waals surface area (Å²) in [6, 6.07) is 10.8. The molecule has 2 aromatic carbocycles. The van der Waals surface area contributed by atoms with E-state index in [2.05, 4.69) is 14.4 Å². The Balaban J connectivity index is 2.44. The lowest BCUT2D eigenvalue weighted by atomic mass is 9.93. The number of nitrogens with one attached hydrogen (secondary N) is 2. The molecule has 0 aromatic heterocycles. The molecule has 2 rings (SSSR count). The van der Waals surface area contributed by atoms with Crippen LogP contribution in [0, 0.1) is 6.92 Å². The van der Waals surface area contributed by atoms with E-state index in [1.165, 1.54) is 12.1 Å². The number of nitrogens with zero attached hydrogens (tertiary/aromatic N) is 1. The summed E-state index contributed by atoms with van der Waals surface area (Å²) in [5.41, 5.74) is 3.13. The summed E-state index contributed by atoms with van der Waals surface area (Å²) in [5.74, 6) is 0.177. The number of hydrogen-bond acceptors (Lipinski definition) is 3. The molecule has 0 fully saturated rings. The van der Waals surface area contributed by atoms with E-state index in [-0.39, 0.29) is 16.7 Å². The van der Waals surface area contributed by atoms with Gasteiger partial charge in [0.25, 0.3) is 0 Å². The van der Waals surface area contributed by atoms with Gasteiger partial charge in [-0.2, -0.15) is 13.2 Å². The van der Waals surface area contributed by atoms with Gasteiger partial charge < -0.3 is 5.32 Å². The smallest absolute Gasteiger partial charge is 0.307 e. The molecule has 2 amide bonds. The number of hydrogen-bond donors (Lipinski definition) is 2. The van der Waals surface area contributed by atoms with Crippen molar-refractivity contribution in [2.45, 2.75) is 57.5 Å². The number of amides is 2. The second kappa shape index (κ2) is 9.72. The van der Waals surface area contributed by atoms with E-state index in [1.807, 2.05) is 45.9 Å². The van der Waals surface area contributed by atoms with Gasteiger partial charge >= 0.3 is 12.2 Å². The molecule has 0 aliphatic rings. The van der Waals surface area contributed by atoms with Crippen molar-refractivity contribution in [3.8, 4) is 0 Å². The normalized spacial score (nSPS) is 13.7. The summed E-state index contributed by atoms with van der Waals surface area (Å²) < 4.78 is 57.3. The largest absolute Gasteiger partial charge is 0.408 e. The Morgan fingerprint density at radius 2 is 1.52 bits per heavy atom. The van der Waals surface area contributed by atoms with Crippen molar-refractivity contribution < 1.29 is 22.2 Å². The minimum atomic E-state index is -4.65. The zero-order chi connectivity index (χ0) is 23.4. The average molecular weight is 456 g/mol. The third-order valence-electron chi connectivity index (χ3n) is 4.61. The Labute approximate surface area is 181 Å². The molecule has 5 nitrogen and oxygen atoms in total. The number of aryl methyl sites for hydroxylation is 1. The molecular formula is C22H28F3N3O2S. The number of benzene rings is 2. The number of rotatable bonds is 6. The van der Waals surface area contributed by atoms with Gasteiger partial charge in [0.05, 0.1) is 4.90 Å². The van der Waals surface area contributed by atoms with Crippen LogP contribution in [0.4, 0.5) is 23.7 Å². The first kappa shape index (κ1) is 24.7. The topological polar surface area (TPSA) is 70.6 Å². The molecule has 2 aromatic rings. The first-order chi connectivity index (χ1) is 14.3. The summed E-state index contributed by atoms with van der Waals surface area (Å²) in [6.07, 6.45) is -4.65. The number of carbonyl (C=O) groups is 1. The number of anilines is 1. The molecule has 0 heterocycles. The summed E-state index contributed by atoms with van der Waals surface area (Å²) in [7, 11) is -3.86. The second-order valence-electron chi connectivity index (χ2n) is 7.92. The molecule has 0 saturated carbocycles. The van der Waals surface area contributed by atoms with Crippen LogP contribution in [0.1, 0.15) is 56.2 Å². The van der Waals surface area contributed by atoms with Gasteiger partial charge in [0.15, 0.2) is 9.92 Å². The van der Waals surface area contributed by atoms with Gasteiger partial charge in [-0.15, -0.1) is 0 Å². The van der Waals surface area contributed by atoms with Crippen LogP contribution >= 0.6 is 0 Å². The predicted molar refractivity (Wildman–Crippen MR) is 118 cm³/mol. The highest BCUT2D eigenvalue weighted by Crippen LogP contribution is 2.32. The quantitative estimate of drug-likeness (QED) is 0.531. The maximum absolute atomic E-state index is 13.3. The van der Waals surface area contributed by atoms with Crippen LogP contribution in [0.2, 0.25) is 0 Å². The average Bonchev–Trinajstić information content (AvgIpc) is 2.66. The molecule has 170 valence electrons. The SMILES string of the molecule is Cc1ccc(S(=O)(=NCC(F)(F)F)NC(=O)Nc2c(C(C)C)cccc2C(C)C)cc1. The summed E-state index contributed by atoms with van der Waals surface area (Å²) >= 11 is 0. The fourth-order valence-electron chi connectivity index (χ4n) is 3.01. The Hall–Kier alpha value is -2.55. The molecule has 1 unspecified atom stereocenters. The van der Waals surface area contributed by atoms with Crippen LogP contribution in [-0.2, 0) is 9.92 Å². The van der Waals surface area contributed by atoms with Crippen molar-refractivity contribution in [1.82, 2.24) is 4.72 Å². The van der Waals surface area contributed by atoms with E-state index in [4.69, 9.17) is 0 Å². The summed E-state index contributed by atoms with van der Waals surface area (Å²) in [5, 5.41) is 2.71. The summed E-state index contributed by atoms with van der Waals surface area (Å²) in [6.45, 7) is 8.02. The van der Waals surface area contributed by atoms with Crippen molar-refractivity contribution in [3.05, 3.63) is 59.2 Å². The fourth-order valence-corrected chi connectivity index (χ4v) is 4.48. The van der Waals surface area contributed by atoms with Crippen molar-refractivity contribution in [2.75, 3.05) is 11.9 Å². The highest BCUT2D eigenvalue weighted by molar-refractivity contribution is 7.92. The first-order valence-corrected chi connectivity index (χ1v) is 11.4. The van der Waals surface area contributed by atoms with E-state index < -0.39 is 28.7 Å². The lowest BCUT2D eigenvalue weighted by molar-refractivity contribution is -0.117. The minimum absolute atomic E-state index is 0.00118. The van der Waals surface area contributed by atoms with Crippen LogP contribution < -0.4 is 10.0 Å². The number of halogens is 3. The molecule has 0 spiro atoms. The number of para-hydroxylation sites is 1. The van der Waals surface area contributed by atoms with Gasteiger partial charge in [-0.25, -0.2) is 18.1 Å². The lowest BCUT2D eigenvalue weighted by Crippen LogP contribution is -2.35. The molecule has 0 bridgehead atoms. The molecular weight excluding hydrogens is 427 g/mol. The molecule has 0 radical (unpaired) electrons. The molecule has 2 N–H and O–H groups in total. The van der Waals surface area contributed by atoms with E-state index in [9.17, 15) is 22.2 Å². The Bertz CT molecular complexity index is 1010. The molecule has 0 saturated heterocycles. The van der Waals surface area contributed by atoms with Gasteiger partial charge in [0.2, 0.25) is 0 Å². The predicted octanol–water partition coefficient (Wildman–Crippen LogP) is 6.37. The van der Waals surface area contributed by atoms with Gasteiger partial charge in [0, 0.05) is 5.69 Å². The monoisotopic (exact) mass is 455 g/mol. The third-order valence-corrected chi connectivity index (χ3v) is 6.47. The van der Waals surface area contributed by atoms with Crippen molar-refractivity contribution in [1.29, 1.82) is 0 Å². The highest BCUT2D eigenvalue weighted by Gasteiger charge is 2.29. The zero-order valence-corrected chi connectivity index (χ0v) is 19.0. The fraction of sp³-hybridized carbons (Fsp3) is 0.409. The molecule has 0 aliphatic heterocycles.